The van der Waals surface area contributed by atoms with Gasteiger partial charge in [0.05, 0.1) is 12.1 Å². The summed E-state index contributed by atoms with van der Waals surface area (Å²) < 4.78 is 26.0. The SMILES string of the molecule is Cc1ccc(CN(CCc2ccccc2)C(=O)c2nc(S(C)(=O)=O)n3ccccc23)s1. The predicted molar refractivity (Wildman–Crippen MR) is 122 cm³/mol. The van der Waals surface area contributed by atoms with Crippen LogP contribution in [-0.2, 0) is 22.8 Å². The van der Waals surface area contributed by atoms with Crippen molar-refractivity contribution in [1.29, 1.82) is 0 Å². The summed E-state index contributed by atoms with van der Waals surface area (Å²) in [4.78, 5) is 21.9. The molecule has 0 aliphatic carbocycles. The lowest BCUT2D eigenvalue weighted by Crippen LogP contribution is -2.32. The maximum atomic E-state index is 13.6. The zero-order valence-corrected chi connectivity index (χ0v) is 19.0. The quantitative estimate of drug-likeness (QED) is 0.424. The molecular formula is C23H23N3O3S2. The van der Waals surface area contributed by atoms with Crippen LogP contribution in [-0.4, -0.2) is 41.4 Å². The Morgan fingerprint density at radius 3 is 2.48 bits per heavy atom. The lowest BCUT2D eigenvalue weighted by molar-refractivity contribution is 0.0743. The third kappa shape index (κ3) is 4.70. The van der Waals surface area contributed by atoms with Gasteiger partial charge in [0.1, 0.15) is 0 Å². The van der Waals surface area contributed by atoms with Gasteiger partial charge in [0.15, 0.2) is 5.69 Å². The van der Waals surface area contributed by atoms with E-state index in [9.17, 15) is 13.2 Å². The van der Waals surface area contributed by atoms with E-state index in [4.69, 9.17) is 0 Å². The standard InChI is InChI=1S/C23H23N3O3S2/c1-17-11-12-19(30-17)16-25(15-13-18-8-4-3-5-9-18)22(27)21-20-10-6-7-14-26(20)23(24-21)31(2,28)29/h3-12,14H,13,15-16H2,1-2H3. The first-order chi connectivity index (χ1) is 14.8. The fraction of sp³-hybridized carbons (Fsp3) is 0.217. The molecule has 0 spiro atoms. The summed E-state index contributed by atoms with van der Waals surface area (Å²) in [5.41, 5.74) is 1.77. The normalized spacial score (nSPS) is 11.7. The molecule has 0 unspecified atom stereocenters. The van der Waals surface area contributed by atoms with Crippen LogP contribution in [0.4, 0.5) is 0 Å². The van der Waals surface area contributed by atoms with Crippen LogP contribution in [0.5, 0.6) is 0 Å². The Morgan fingerprint density at radius 1 is 1.06 bits per heavy atom. The van der Waals surface area contributed by atoms with Crippen LogP contribution in [0.25, 0.3) is 5.52 Å². The summed E-state index contributed by atoms with van der Waals surface area (Å²) >= 11 is 1.65. The molecular weight excluding hydrogens is 430 g/mol. The number of aryl methyl sites for hydroxylation is 1. The second-order valence-electron chi connectivity index (χ2n) is 7.45. The number of aromatic nitrogens is 2. The average Bonchev–Trinajstić information content (AvgIpc) is 3.34. The largest absolute Gasteiger partial charge is 0.332 e. The number of benzene rings is 1. The summed E-state index contributed by atoms with van der Waals surface area (Å²) in [5.74, 6) is -0.277. The van der Waals surface area contributed by atoms with E-state index in [-0.39, 0.29) is 16.8 Å². The lowest BCUT2D eigenvalue weighted by atomic mass is 10.1. The number of fused-ring (bicyclic) bond motifs is 1. The van der Waals surface area contributed by atoms with Crippen LogP contribution in [0, 0.1) is 6.92 Å². The van der Waals surface area contributed by atoms with Crippen molar-refractivity contribution in [2.45, 2.75) is 25.0 Å². The average molecular weight is 454 g/mol. The molecule has 31 heavy (non-hydrogen) atoms. The van der Waals surface area contributed by atoms with Crippen LogP contribution in [0.15, 0.2) is 72.0 Å². The van der Waals surface area contributed by atoms with Crippen LogP contribution in [0.1, 0.15) is 25.8 Å². The molecule has 0 atom stereocenters. The minimum atomic E-state index is -3.60. The minimum Gasteiger partial charge on any atom is -0.332 e. The van der Waals surface area contributed by atoms with Crippen molar-refractivity contribution in [3.63, 3.8) is 0 Å². The number of nitrogens with zero attached hydrogens (tertiary/aromatic N) is 3. The molecule has 0 aliphatic heterocycles. The van der Waals surface area contributed by atoms with Crippen LogP contribution >= 0.6 is 11.3 Å². The third-order valence-electron chi connectivity index (χ3n) is 4.99. The number of imidazole rings is 1. The van der Waals surface area contributed by atoms with Crippen LogP contribution in [0.3, 0.4) is 0 Å². The Balaban J connectivity index is 1.71. The van der Waals surface area contributed by atoms with E-state index in [2.05, 4.69) is 4.98 Å². The van der Waals surface area contributed by atoms with Crippen molar-refractivity contribution in [2.75, 3.05) is 12.8 Å². The van der Waals surface area contributed by atoms with Crippen molar-refractivity contribution in [1.82, 2.24) is 14.3 Å². The van der Waals surface area contributed by atoms with Gasteiger partial charge in [-0.15, -0.1) is 11.3 Å². The summed E-state index contributed by atoms with van der Waals surface area (Å²) in [6.45, 7) is 2.98. The molecule has 1 aromatic carbocycles. The van der Waals surface area contributed by atoms with E-state index in [1.165, 1.54) is 9.28 Å². The van der Waals surface area contributed by atoms with Crippen molar-refractivity contribution >= 4 is 32.6 Å². The highest BCUT2D eigenvalue weighted by molar-refractivity contribution is 7.90. The van der Waals surface area contributed by atoms with Crippen molar-refractivity contribution < 1.29 is 13.2 Å². The smallest absolute Gasteiger partial charge is 0.275 e. The molecule has 0 fully saturated rings. The second-order valence-corrected chi connectivity index (χ2v) is 10.7. The monoisotopic (exact) mass is 453 g/mol. The number of thiophene rings is 1. The van der Waals surface area contributed by atoms with Gasteiger partial charge < -0.3 is 4.90 Å². The molecule has 1 amide bonds. The molecule has 6 nitrogen and oxygen atoms in total. The fourth-order valence-corrected chi connectivity index (χ4v) is 5.18. The summed E-state index contributed by atoms with van der Waals surface area (Å²) in [7, 11) is -3.60. The Bertz CT molecular complexity index is 1320. The summed E-state index contributed by atoms with van der Waals surface area (Å²) in [6, 6.07) is 19.3. The summed E-state index contributed by atoms with van der Waals surface area (Å²) in [5, 5.41) is -0.124. The van der Waals surface area contributed by atoms with E-state index in [1.807, 2.05) is 49.4 Å². The topological polar surface area (TPSA) is 71.8 Å². The van der Waals surface area contributed by atoms with Gasteiger partial charge in [0.25, 0.3) is 5.91 Å². The maximum absolute atomic E-state index is 13.6. The van der Waals surface area contributed by atoms with Gasteiger partial charge in [0.2, 0.25) is 15.0 Å². The van der Waals surface area contributed by atoms with E-state index in [1.54, 1.807) is 40.6 Å². The first-order valence-corrected chi connectivity index (χ1v) is 12.6. The van der Waals surface area contributed by atoms with Gasteiger partial charge >= 0.3 is 0 Å². The Hall–Kier alpha value is -2.97. The second kappa shape index (κ2) is 8.64. The van der Waals surface area contributed by atoms with Gasteiger partial charge in [-0.2, -0.15) is 0 Å². The molecule has 0 aliphatic rings. The highest BCUT2D eigenvalue weighted by Crippen LogP contribution is 2.22. The molecule has 3 aromatic heterocycles. The number of carbonyl (C=O) groups is 1. The van der Waals surface area contributed by atoms with Crippen molar-refractivity contribution in [3.05, 3.63) is 87.9 Å². The number of hydrogen-bond acceptors (Lipinski definition) is 5. The predicted octanol–water partition coefficient (Wildman–Crippen LogP) is 3.99. The van der Waals surface area contributed by atoms with Crippen LogP contribution in [0.2, 0.25) is 0 Å². The van der Waals surface area contributed by atoms with Crippen molar-refractivity contribution in [2.24, 2.45) is 0 Å². The minimum absolute atomic E-state index is 0.124. The number of hydrogen-bond donors (Lipinski definition) is 0. The van der Waals surface area contributed by atoms with E-state index >= 15 is 0 Å². The highest BCUT2D eigenvalue weighted by Gasteiger charge is 2.26. The van der Waals surface area contributed by atoms with Gasteiger partial charge in [-0.25, -0.2) is 13.4 Å². The van der Waals surface area contributed by atoms with Crippen molar-refractivity contribution in [3.8, 4) is 0 Å². The zero-order chi connectivity index (χ0) is 22.0. The molecule has 0 saturated heterocycles. The maximum Gasteiger partial charge on any atom is 0.275 e. The Labute approximate surface area is 185 Å². The van der Waals surface area contributed by atoms with Crippen LogP contribution < -0.4 is 0 Å². The number of rotatable bonds is 7. The fourth-order valence-electron chi connectivity index (χ4n) is 3.50. The lowest BCUT2D eigenvalue weighted by Gasteiger charge is -2.21. The molecule has 3 heterocycles. The number of sulfone groups is 1. The summed E-state index contributed by atoms with van der Waals surface area (Å²) in [6.07, 6.45) is 3.42. The molecule has 160 valence electrons. The molecule has 4 rings (SSSR count). The Kier molecular flexibility index (Phi) is 5.93. The van der Waals surface area contributed by atoms with Gasteiger partial charge in [-0.3, -0.25) is 9.20 Å². The van der Waals surface area contributed by atoms with E-state index < -0.39 is 9.84 Å². The third-order valence-corrected chi connectivity index (χ3v) is 6.93. The molecule has 0 radical (unpaired) electrons. The van der Waals surface area contributed by atoms with E-state index in [0.717, 1.165) is 16.7 Å². The molecule has 8 heteroatoms. The number of amides is 1. The molecule has 0 saturated carbocycles. The zero-order valence-electron chi connectivity index (χ0n) is 17.4. The highest BCUT2D eigenvalue weighted by atomic mass is 32.2. The van der Waals surface area contributed by atoms with Gasteiger partial charge in [0, 0.05) is 28.8 Å². The van der Waals surface area contributed by atoms with Gasteiger partial charge in [-0.1, -0.05) is 36.4 Å². The first kappa shape index (κ1) is 21.3. The molecule has 4 aromatic rings. The van der Waals surface area contributed by atoms with E-state index in [0.29, 0.717) is 25.0 Å². The first-order valence-electron chi connectivity index (χ1n) is 9.88. The number of carbonyl (C=O) groups excluding carboxylic acids is 1. The van der Waals surface area contributed by atoms with Gasteiger partial charge in [-0.05, 0) is 43.2 Å². The molecule has 0 bridgehead atoms. The molecule has 0 N–H and O–H groups in total. The Morgan fingerprint density at radius 2 is 1.81 bits per heavy atom. The number of pyridine rings is 1.